The van der Waals surface area contributed by atoms with Crippen LogP contribution in [0.4, 0.5) is 21.0 Å². The second kappa shape index (κ2) is 7.57. The van der Waals surface area contributed by atoms with E-state index in [1.165, 1.54) is 4.90 Å². The first-order chi connectivity index (χ1) is 15.0. The van der Waals surface area contributed by atoms with Crippen molar-refractivity contribution in [3.05, 3.63) is 47.5 Å². The molecule has 3 fully saturated rings. The van der Waals surface area contributed by atoms with E-state index in [0.29, 0.717) is 17.3 Å². The van der Waals surface area contributed by atoms with E-state index in [0.717, 1.165) is 42.5 Å². The summed E-state index contributed by atoms with van der Waals surface area (Å²) in [6.07, 6.45) is 4.05. The summed E-state index contributed by atoms with van der Waals surface area (Å²) >= 11 is 6.68. The highest BCUT2D eigenvalue weighted by Crippen LogP contribution is 2.43. The van der Waals surface area contributed by atoms with Crippen LogP contribution in [0.1, 0.15) is 32.1 Å². The highest BCUT2D eigenvalue weighted by atomic mass is 35.5. The Kier molecular flexibility index (Phi) is 4.85. The van der Waals surface area contributed by atoms with Crippen molar-refractivity contribution >= 4 is 41.0 Å². The Morgan fingerprint density at radius 3 is 2.45 bits per heavy atom. The standard InChI is InChI=1S/C23H22ClN3O4/c24-20-17(4-3-5-18(20)26-13-10-19(28)25-21(26)29)15-6-8-16(9-7-15)27-22(30)31-14-23(27)11-1-2-12-23/h3-9H,1-2,10-14H2,(H,25,28,29). The van der Waals surface area contributed by atoms with Gasteiger partial charge in [-0.3, -0.25) is 19.9 Å². The van der Waals surface area contributed by atoms with E-state index < -0.39 is 6.03 Å². The number of hydrogen-bond acceptors (Lipinski definition) is 4. The molecule has 1 aliphatic carbocycles. The molecule has 1 spiro atoms. The number of carbonyl (C=O) groups is 3. The molecule has 2 aromatic carbocycles. The summed E-state index contributed by atoms with van der Waals surface area (Å²) in [5.41, 5.74) is 2.79. The van der Waals surface area contributed by atoms with Crippen LogP contribution in [0.5, 0.6) is 0 Å². The number of nitrogens with zero attached hydrogens (tertiary/aromatic N) is 2. The highest BCUT2D eigenvalue weighted by Gasteiger charge is 2.49. The summed E-state index contributed by atoms with van der Waals surface area (Å²) in [5.74, 6) is -0.287. The zero-order valence-corrected chi connectivity index (χ0v) is 17.7. The number of carbonyl (C=O) groups excluding carboxylic acids is 3. The third-order valence-corrected chi connectivity index (χ3v) is 6.81. The molecule has 8 heteroatoms. The van der Waals surface area contributed by atoms with Crippen molar-refractivity contribution in [3.8, 4) is 11.1 Å². The van der Waals surface area contributed by atoms with E-state index in [9.17, 15) is 14.4 Å². The fourth-order valence-electron chi connectivity index (χ4n) is 4.83. The third kappa shape index (κ3) is 3.33. The van der Waals surface area contributed by atoms with Crippen LogP contribution >= 0.6 is 11.6 Å². The second-order valence-corrected chi connectivity index (χ2v) is 8.64. The number of benzene rings is 2. The lowest BCUT2D eigenvalue weighted by Gasteiger charge is -2.31. The van der Waals surface area contributed by atoms with Crippen molar-refractivity contribution in [2.75, 3.05) is 23.0 Å². The zero-order chi connectivity index (χ0) is 21.6. The summed E-state index contributed by atoms with van der Waals surface area (Å²) in [5, 5.41) is 2.76. The highest BCUT2D eigenvalue weighted by molar-refractivity contribution is 6.36. The van der Waals surface area contributed by atoms with Crippen LogP contribution < -0.4 is 15.1 Å². The number of urea groups is 1. The van der Waals surface area contributed by atoms with Gasteiger partial charge in [0.15, 0.2) is 0 Å². The van der Waals surface area contributed by atoms with Crippen LogP contribution in [0.25, 0.3) is 11.1 Å². The van der Waals surface area contributed by atoms with E-state index in [1.807, 2.05) is 36.4 Å². The first kappa shape index (κ1) is 19.9. The van der Waals surface area contributed by atoms with Gasteiger partial charge in [0, 0.05) is 24.2 Å². The maximum atomic E-state index is 12.4. The lowest BCUT2D eigenvalue weighted by atomic mass is 9.96. The van der Waals surface area contributed by atoms with Crippen molar-refractivity contribution in [3.63, 3.8) is 0 Å². The molecule has 2 saturated heterocycles. The number of imide groups is 1. The molecule has 0 unspecified atom stereocenters. The molecule has 7 nitrogen and oxygen atoms in total. The van der Waals surface area contributed by atoms with E-state index in [-0.39, 0.29) is 30.5 Å². The molecule has 0 aromatic heterocycles. The normalized spacial score (nSPS) is 20.4. The molecule has 0 radical (unpaired) electrons. The van der Waals surface area contributed by atoms with E-state index in [1.54, 1.807) is 11.0 Å². The minimum Gasteiger partial charge on any atom is -0.447 e. The molecular formula is C23H22ClN3O4. The second-order valence-electron chi connectivity index (χ2n) is 8.26. The molecule has 0 bridgehead atoms. The number of anilines is 2. The number of nitrogens with one attached hydrogen (secondary N) is 1. The van der Waals surface area contributed by atoms with Gasteiger partial charge in [0.05, 0.1) is 16.2 Å². The molecule has 0 atom stereocenters. The average Bonchev–Trinajstić information content (AvgIpc) is 3.36. The Balaban J connectivity index is 1.45. The summed E-state index contributed by atoms with van der Waals surface area (Å²) in [7, 11) is 0. The predicted octanol–water partition coefficient (Wildman–Crippen LogP) is 4.72. The minimum absolute atomic E-state index is 0.227. The lowest BCUT2D eigenvalue weighted by Crippen LogP contribution is -2.49. The van der Waals surface area contributed by atoms with Crippen molar-refractivity contribution in [2.45, 2.75) is 37.6 Å². The smallest absolute Gasteiger partial charge is 0.415 e. The number of ether oxygens (including phenoxy) is 1. The van der Waals surface area contributed by atoms with Gasteiger partial charge >= 0.3 is 12.1 Å². The maximum absolute atomic E-state index is 12.4. The summed E-state index contributed by atoms with van der Waals surface area (Å²) < 4.78 is 5.39. The van der Waals surface area contributed by atoms with Crippen molar-refractivity contribution < 1.29 is 19.1 Å². The summed E-state index contributed by atoms with van der Waals surface area (Å²) in [6.45, 7) is 0.730. The molecule has 1 N–H and O–H groups in total. The molecule has 4 amide bonds. The van der Waals surface area contributed by atoms with Crippen LogP contribution in [0.15, 0.2) is 42.5 Å². The number of halogens is 1. The largest absolute Gasteiger partial charge is 0.447 e. The quantitative estimate of drug-likeness (QED) is 0.750. The molecule has 2 aromatic rings. The van der Waals surface area contributed by atoms with Gasteiger partial charge in [-0.1, -0.05) is 48.7 Å². The number of amides is 4. The van der Waals surface area contributed by atoms with Crippen LogP contribution in [0.2, 0.25) is 5.02 Å². The summed E-state index contributed by atoms with van der Waals surface area (Å²) in [4.78, 5) is 39.4. The molecule has 5 rings (SSSR count). The van der Waals surface area contributed by atoms with E-state index in [2.05, 4.69) is 5.32 Å². The zero-order valence-electron chi connectivity index (χ0n) is 16.9. The Morgan fingerprint density at radius 2 is 1.74 bits per heavy atom. The monoisotopic (exact) mass is 439 g/mol. The molecule has 2 aliphatic heterocycles. The minimum atomic E-state index is -0.472. The van der Waals surface area contributed by atoms with Crippen LogP contribution in [-0.2, 0) is 9.53 Å². The first-order valence-corrected chi connectivity index (χ1v) is 10.8. The van der Waals surface area contributed by atoms with Gasteiger partial charge in [-0.15, -0.1) is 0 Å². The van der Waals surface area contributed by atoms with Crippen molar-refractivity contribution in [1.29, 1.82) is 0 Å². The van der Waals surface area contributed by atoms with Crippen molar-refractivity contribution in [1.82, 2.24) is 5.32 Å². The van der Waals surface area contributed by atoms with Gasteiger partial charge in [-0.05, 0) is 36.6 Å². The van der Waals surface area contributed by atoms with Crippen LogP contribution in [0, 0.1) is 0 Å². The Bertz CT molecular complexity index is 1060. The molecular weight excluding hydrogens is 418 g/mol. The van der Waals surface area contributed by atoms with Gasteiger partial charge < -0.3 is 4.74 Å². The average molecular weight is 440 g/mol. The SMILES string of the molecule is O=C1CCN(c2cccc(-c3ccc(N4C(=O)OCC45CCCC5)cc3)c2Cl)C(=O)N1. The molecule has 160 valence electrons. The van der Waals surface area contributed by atoms with E-state index >= 15 is 0 Å². The fourth-order valence-corrected chi connectivity index (χ4v) is 5.17. The molecule has 2 heterocycles. The Hall–Kier alpha value is -3.06. The van der Waals surface area contributed by atoms with Crippen LogP contribution in [0.3, 0.4) is 0 Å². The van der Waals surface area contributed by atoms with E-state index in [4.69, 9.17) is 16.3 Å². The van der Waals surface area contributed by atoms with Gasteiger partial charge in [0.25, 0.3) is 0 Å². The summed E-state index contributed by atoms with van der Waals surface area (Å²) in [6, 6.07) is 12.7. The van der Waals surface area contributed by atoms with Crippen molar-refractivity contribution in [2.24, 2.45) is 0 Å². The fraction of sp³-hybridized carbons (Fsp3) is 0.348. The number of cyclic esters (lactones) is 1. The topological polar surface area (TPSA) is 79.0 Å². The maximum Gasteiger partial charge on any atom is 0.415 e. The number of rotatable bonds is 3. The van der Waals surface area contributed by atoms with Crippen LogP contribution in [-0.4, -0.2) is 36.7 Å². The number of hydrogen-bond donors (Lipinski definition) is 1. The molecule has 31 heavy (non-hydrogen) atoms. The Morgan fingerprint density at radius 1 is 1.00 bits per heavy atom. The van der Waals surface area contributed by atoms with Gasteiger partial charge in [0.1, 0.15) is 6.61 Å². The van der Waals surface area contributed by atoms with Gasteiger partial charge in [-0.2, -0.15) is 0 Å². The lowest BCUT2D eigenvalue weighted by molar-refractivity contribution is -0.120. The first-order valence-electron chi connectivity index (χ1n) is 10.5. The molecule has 1 saturated carbocycles. The predicted molar refractivity (Wildman–Crippen MR) is 117 cm³/mol. The Labute approximate surface area is 184 Å². The van der Waals surface area contributed by atoms with Gasteiger partial charge in [0.2, 0.25) is 5.91 Å². The van der Waals surface area contributed by atoms with Gasteiger partial charge in [-0.25, -0.2) is 9.59 Å². The third-order valence-electron chi connectivity index (χ3n) is 6.42. The molecule has 3 aliphatic rings.